The molecule has 0 aliphatic carbocycles. The number of likely N-dealkylation sites (tertiary alicyclic amines) is 1. The molecule has 3 rings (SSSR count). The van der Waals surface area contributed by atoms with E-state index in [9.17, 15) is 9.59 Å². The number of piperidine rings is 1. The molecule has 2 amide bonds. The molecule has 0 radical (unpaired) electrons. The zero-order valence-electron chi connectivity index (χ0n) is 15.1. The molecule has 1 aromatic heterocycles. The standard InChI is InChI=1S/C19H24N2O5/c1-3-25-19(23)21-10-8-13(9-11-21)20-18(22)17-15(12-24-2)14-6-4-5-7-16(14)26-17/h4-7,13H,3,8-12H2,1-2H3,(H,20,22). The van der Waals surface area contributed by atoms with Crippen LogP contribution in [0.15, 0.2) is 28.7 Å². The molecule has 0 bridgehead atoms. The van der Waals surface area contributed by atoms with Crippen molar-refractivity contribution in [3.05, 3.63) is 35.6 Å². The Kier molecular flexibility index (Phi) is 5.78. The number of methoxy groups -OCH3 is 1. The van der Waals surface area contributed by atoms with Crippen LogP contribution in [0.25, 0.3) is 11.0 Å². The maximum Gasteiger partial charge on any atom is 0.409 e. The lowest BCUT2D eigenvalue weighted by atomic mass is 10.0. The Labute approximate surface area is 152 Å². The molecular formula is C19H24N2O5. The lowest BCUT2D eigenvalue weighted by molar-refractivity contribution is 0.0837. The molecule has 1 saturated heterocycles. The summed E-state index contributed by atoms with van der Waals surface area (Å²) in [5, 5.41) is 3.91. The minimum atomic E-state index is -0.294. The van der Waals surface area contributed by atoms with Gasteiger partial charge in [-0.1, -0.05) is 18.2 Å². The highest BCUT2D eigenvalue weighted by atomic mass is 16.6. The molecule has 0 spiro atoms. The molecule has 0 unspecified atom stereocenters. The SMILES string of the molecule is CCOC(=O)N1CCC(NC(=O)c2oc3ccccc3c2COC)CC1. The highest BCUT2D eigenvalue weighted by Gasteiger charge is 2.27. The smallest absolute Gasteiger partial charge is 0.409 e. The van der Waals surface area contributed by atoms with Crippen LogP contribution in [0.5, 0.6) is 0 Å². The van der Waals surface area contributed by atoms with Gasteiger partial charge in [0.1, 0.15) is 5.58 Å². The molecule has 26 heavy (non-hydrogen) atoms. The van der Waals surface area contributed by atoms with Crippen LogP contribution in [0.1, 0.15) is 35.9 Å². The number of hydrogen-bond donors (Lipinski definition) is 1. The van der Waals surface area contributed by atoms with Gasteiger partial charge in [0, 0.05) is 37.2 Å². The van der Waals surface area contributed by atoms with Crippen LogP contribution < -0.4 is 5.32 Å². The second-order valence-corrected chi connectivity index (χ2v) is 6.27. The fraction of sp³-hybridized carbons (Fsp3) is 0.474. The first-order chi connectivity index (χ1) is 12.6. The number of amides is 2. The third-order valence-electron chi connectivity index (χ3n) is 4.55. The van der Waals surface area contributed by atoms with Crippen molar-refractivity contribution in [2.24, 2.45) is 0 Å². The van der Waals surface area contributed by atoms with Crippen LogP contribution in [0.3, 0.4) is 0 Å². The molecule has 140 valence electrons. The Balaban J connectivity index is 1.67. The van der Waals surface area contributed by atoms with Crippen molar-refractivity contribution in [3.63, 3.8) is 0 Å². The summed E-state index contributed by atoms with van der Waals surface area (Å²) in [7, 11) is 1.59. The lowest BCUT2D eigenvalue weighted by Gasteiger charge is -2.31. The predicted molar refractivity (Wildman–Crippen MR) is 96.0 cm³/mol. The molecule has 7 heteroatoms. The predicted octanol–water partition coefficient (Wildman–Crippen LogP) is 2.93. The number of benzene rings is 1. The van der Waals surface area contributed by atoms with Crippen LogP contribution >= 0.6 is 0 Å². The third-order valence-corrected chi connectivity index (χ3v) is 4.55. The van der Waals surface area contributed by atoms with Crippen LogP contribution in [0.2, 0.25) is 0 Å². The summed E-state index contributed by atoms with van der Waals surface area (Å²) in [5.74, 6) is 0.0451. The monoisotopic (exact) mass is 360 g/mol. The molecule has 2 heterocycles. The molecule has 7 nitrogen and oxygen atoms in total. The van der Waals surface area contributed by atoms with Gasteiger partial charge in [0.25, 0.3) is 5.91 Å². The summed E-state index contributed by atoms with van der Waals surface area (Å²) in [6.45, 7) is 3.59. The van der Waals surface area contributed by atoms with Gasteiger partial charge in [0.05, 0.1) is 13.2 Å². The Hall–Kier alpha value is -2.54. The maximum absolute atomic E-state index is 12.7. The van der Waals surface area contributed by atoms with Crippen molar-refractivity contribution in [1.29, 1.82) is 0 Å². The van der Waals surface area contributed by atoms with E-state index in [0.29, 0.717) is 50.5 Å². The van der Waals surface area contributed by atoms with Crippen molar-refractivity contribution in [1.82, 2.24) is 10.2 Å². The highest BCUT2D eigenvalue weighted by Crippen LogP contribution is 2.27. The number of hydrogen-bond acceptors (Lipinski definition) is 5. The summed E-state index contributed by atoms with van der Waals surface area (Å²) < 4.78 is 16.0. The zero-order valence-corrected chi connectivity index (χ0v) is 15.1. The number of furan rings is 1. The van der Waals surface area contributed by atoms with Gasteiger partial charge in [-0.05, 0) is 25.8 Å². The van der Waals surface area contributed by atoms with E-state index >= 15 is 0 Å². The van der Waals surface area contributed by atoms with Gasteiger partial charge in [-0.3, -0.25) is 4.79 Å². The van der Waals surface area contributed by atoms with Crippen molar-refractivity contribution in [2.75, 3.05) is 26.8 Å². The topological polar surface area (TPSA) is 81.0 Å². The minimum Gasteiger partial charge on any atom is -0.451 e. The number of nitrogens with zero attached hydrogens (tertiary/aromatic N) is 1. The summed E-state index contributed by atoms with van der Waals surface area (Å²) in [4.78, 5) is 26.2. The summed E-state index contributed by atoms with van der Waals surface area (Å²) >= 11 is 0. The molecule has 1 N–H and O–H groups in total. The number of para-hydroxylation sites is 1. The Morgan fingerprint density at radius 2 is 2.00 bits per heavy atom. The van der Waals surface area contributed by atoms with Gasteiger partial charge in [0.15, 0.2) is 5.76 Å². The van der Waals surface area contributed by atoms with E-state index in [2.05, 4.69) is 5.32 Å². The van der Waals surface area contributed by atoms with E-state index < -0.39 is 0 Å². The minimum absolute atomic E-state index is 0.00298. The van der Waals surface area contributed by atoms with Crippen LogP contribution in [-0.2, 0) is 16.1 Å². The fourth-order valence-corrected chi connectivity index (χ4v) is 3.24. The summed E-state index contributed by atoms with van der Waals surface area (Å²) in [6, 6.07) is 7.53. The number of carbonyl (C=O) groups is 2. The maximum atomic E-state index is 12.7. The van der Waals surface area contributed by atoms with Gasteiger partial charge in [-0.25, -0.2) is 4.79 Å². The van der Waals surface area contributed by atoms with Gasteiger partial charge in [-0.15, -0.1) is 0 Å². The van der Waals surface area contributed by atoms with E-state index in [4.69, 9.17) is 13.9 Å². The van der Waals surface area contributed by atoms with Crippen molar-refractivity contribution in [2.45, 2.75) is 32.4 Å². The number of fused-ring (bicyclic) bond motifs is 1. The second kappa shape index (κ2) is 8.23. The average molecular weight is 360 g/mol. The molecule has 0 atom stereocenters. The largest absolute Gasteiger partial charge is 0.451 e. The number of rotatable bonds is 5. The van der Waals surface area contributed by atoms with Crippen molar-refractivity contribution >= 4 is 23.0 Å². The molecule has 1 aliphatic heterocycles. The summed E-state index contributed by atoms with van der Waals surface area (Å²) in [6.07, 6.45) is 1.08. The number of nitrogens with one attached hydrogen (secondary N) is 1. The van der Waals surface area contributed by atoms with Crippen molar-refractivity contribution < 1.29 is 23.5 Å². The third kappa shape index (κ3) is 3.83. The normalized spacial score (nSPS) is 15.2. The molecule has 1 fully saturated rings. The lowest BCUT2D eigenvalue weighted by Crippen LogP contribution is -2.46. The van der Waals surface area contributed by atoms with Gasteiger partial charge < -0.3 is 24.1 Å². The average Bonchev–Trinajstić information content (AvgIpc) is 3.02. The van der Waals surface area contributed by atoms with E-state index in [-0.39, 0.29) is 18.0 Å². The molecule has 2 aromatic rings. The highest BCUT2D eigenvalue weighted by molar-refractivity contribution is 5.99. The second-order valence-electron chi connectivity index (χ2n) is 6.27. The van der Waals surface area contributed by atoms with E-state index in [1.165, 1.54) is 0 Å². The Morgan fingerprint density at radius 3 is 2.69 bits per heavy atom. The van der Waals surface area contributed by atoms with Gasteiger partial charge >= 0.3 is 6.09 Å². The zero-order chi connectivity index (χ0) is 18.5. The molecule has 1 aromatic carbocycles. The molecule has 1 aliphatic rings. The number of carbonyl (C=O) groups excluding carboxylic acids is 2. The van der Waals surface area contributed by atoms with Gasteiger partial charge in [0.2, 0.25) is 0 Å². The van der Waals surface area contributed by atoms with Gasteiger partial charge in [-0.2, -0.15) is 0 Å². The van der Waals surface area contributed by atoms with E-state index in [1.54, 1.807) is 18.9 Å². The first-order valence-electron chi connectivity index (χ1n) is 8.86. The first-order valence-corrected chi connectivity index (χ1v) is 8.86. The number of ether oxygens (including phenoxy) is 2. The van der Waals surface area contributed by atoms with Crippen LogP contribution in [0, 0.1) is 0 Å². The quantitative estimate of drug-likeness (QED) is 0.887. The van der Waals surface area contributed by atoms with E-state index in [0.717, 1.165) is 10.9 Å². The Morgan fingerprint density at radius 1 is 1.27 bits per heavy atom. The van der Waals surface area contributed by atoms with Crippen LogP contribution in [0.4, 0.5) is 4.79 Å². The fourth-order valence-electron chi connectivity index (χ4n) is 3.24. The summed E-state index contributed by atoms with van der Waals surface area (Å²) in [5.41, 5.74) is 1.42. The molecular weight excluding hydrogens is 336 g/mol. The Bertz CT molecular complexity index is 777. The van der Waals surface area contributed by atoms with E-state index in [1.807, 2.05) is 24.3 Å². The molecule has 0 saturated carbocycles. The van der Waals surface area contributed by atoms with Crippen LogP contribution in [-0.4, -0.2) is 49.7 Å². The first kappa shape index (κ1) is 18.3. The van der Waals surface area contributed by atoms with Crippen molar-refractivity contribution in [3.8, 4) is 0 Å².